The third-order valence-corrected chi connectivity index (χ3v) is 9.81. The van der Waals surface area contributed by atoms with Crippen molar-refractivity contribution >= 4 is 41.0 Å². The van der Waals surface area contributed by atoms with Gasteiger partial charge in [-0.3, -0.25) is 14.4 Å². The van der Waals surface area contributed by atoms with Crippen LogP contribution in [0.3, 0.4) is 0 Å². The van der Waals surface area contributed by atoms with Gasteiger partial charge in [-0.25, -0.2) is 0 Å². The molecule has 1 heterocycles. The smallest absolute Gasteiger partial charge is 0.308 e. The Hall–Kier alpha value is -2.61. The maximum Gasteiger partial charge on any atom is 0.308 e. The summed E-state index contributed by atoms with van der Waals surface area (Å²) in [6, 6.07) is 12.8. The van der Waals surface area contributed by atoms with Gasteiger partial charge in [0.25, 0.3) is 0 Å². The number of carbonyl (C=O) groups is 3. The second kappa shape index (κ2) is 12.3. The fourth-order valence-electron chi connectivity index (χ4n) is 6.88. The molecule has 0 radical (unpaired) electrons. The fourth-order valence-corrected chi connectivity index (χ4v) is 7.20. The van der Waals surface area contributed by atoms with Crippen LogP contribution in [0, 0.1) is 11.8 Å². The molecule has 220 valence electrons. The molecule has 2 aromatic carbocycles. The predicted octanol–water partition coefficient (Wildman–Crippen LogP) is 5.68. The summed E-state index contributed by atoms with van der Waals surface area (Å²) in [6.45, 7) is 5.66. The first-order valence-electron chi connectivity index (χ1n) is 14.4. The van der Waals surface area contributed by atoms with Crippen molar-refractivity contribution in [3.8, 4) is 5.75 Å². The van der Waals surface area contributed by atoms with Gasteiger partial charge in [-0.1, -0.05) is 41.4 Å². The van der Waals surface area contributed by atoms with E-state index >= 15 is 0 Å². The van der Waals surface area contributed by atoms with Crippen LogP contribution in [0.4, 0.5) is 0 Å². The van der Waals surface area contributed by atoms with Gasteiger partial charge in [0.05, 0.1) is 16.5 Å². The van der Waals surface area contributed by atoms with Gasteiger partial charge in [0.1, 0.15) is 11.9 Å². The van der Waals surface area contributed by atoms with Gasteiger partial charge < -0.3 is 19.3 Å². The molecule has 1 unspecified atom stereocenters. The first-order valence-corrected chi connectivity index (χ1v) is 15.2. The number of ether oxygens (including phenoxy) is 2. The molecule has 7 nitrogen and oxygen atoms in total. The predicted molar refractivity (Wildman–Crippen MR) is 158 cm³/mol. The minimum Gasteiger partial charge on any atom is -0.462 e. The van der Waals surface area contributed by atoms with E-state index in [0.717, 1.165) is 49.5 Å². The van der Waals surface area contributed by atoms with E-state index in [2.05, 4.69) is 11.0 Å². The molecular weight excluding hydrogens is 563 g/mol. The SMILES string of the molecule is CC(=O)Oc1cccc([C@@]23CCN(CC4CC4)C[C@H]2C(OC(C)=O)C[C@@H](N(C)C(=O)Cc2ccc(Cl)c(Cl)c2)C3)c1. The molecular formula is C32H38Cl2N2O5. The van der Waals surface area contributed by atoms with Gasteiger partial charge >= 0.3 is 11.9 Å². The van der Waals surface area contributed by atoms with E-state index in [1.807, 2.05) is 30.1 Å². The summed E-state index contributed by atoms with van der Waals surface area (Å²) in [7, 11) is 1.83. The topological polar surface area (TPSA) is 76.2 Å². The number of benzene rings is 2. The average Bonchev–Trinajstić information content (AvgIpc) is 3.74. The monoisotopic (exact) mass is 600 g/mol. The van der Waals surface area contributed by atoms with E-state index in [1.165, 1.54) is 26.7 Å². The van der Waals surface area contributed by atoms with Gasteiger partial charge in [0.2, 0.25) is 5.91 Å². The van der Waals surface area contributed by atoms with Crippen LogP contribution in [-0.2, 0) is 31.0 Å². The van der Waals surface area contributed by atoms with E-state index in [9.17, 15) is 14.4 Å². The van der Waals surface area contributed by atoms with Gasteiger partial charge in [-0.05, 0) is 73.5 Å². The highest BCUT2D eigenvalue weighted by atomic mass is 35.5. The van der Waals surface area contributed by atoms with Gasteiger partial charge in [-0.2, -0.15) is 0 Å². The number of rotatable bonds is 8. The summed E-state index contributed by atoms with van der Waals surface area (Å²) in [6.07, 6.45) is 4.53. The average molecular weight is 602 g/mol. The molecule has 1 saturated heterocycles. The number of carbonyl (C=O) groups excluding carboxylic acids is 3. The Morgan fingerprint density at radius 3 is 2.51 bits per heavy atom. The van der Waals surface area contributed by atoms with Crippen molar-refractivity contribution in [1.29, 1.82) is 0 Å². The van der Waals surface area contributed by atoms with Crippen molar-refractivity contribution in [3.63, 3.8) is 0 Å². The highest BCUT2D eigenvalue weighted by Crippen LogP contribution is 2.52. The van der Waals surface area contributed by atoms with Crippen molar-refractivity contribution in [1.82, 2.24) is 9.80 Å². The fraction of sp³-hybridized carbons (Fsp3) is 0.531. The largest absolute Gasteiger partial charge is 0.462 e. The van der Waals surface area contributed by atoms with Crippen molar-refractivity contribution in [3.05, 3.63) is 63.6 Å². The van der Waals surface area contributed by atoms with Crippen LogP contribution < -0.4 is 4.74 Å². The zero-order chi connectivity index (χ0) is 29.3. The van der Waals surface area contributed by atoms with E-state index in [0.29, 0.717) is 22.2 Å². The molecule has 5 rings (SSSR count). The van der Waals surface area contributed by atoms with E-state index in [1.54, 1.807) is 18.2 Å². The van der Waals surface area contributed by atoms with E-state index in [-0.39, 0.29) is 47.7 Å². The van der Waals surface area contributed by atoms with E-state index in [4.69, 9.17) is 32.7 Å². The summed E-state index contributed by atoms with van der Waals surface area (Å²) < 4.78 is 11.5. The summed E-state index contributed by atoms with van der Waals surface area (Å²) >= 11 is 12.3. The van der Waals surface area contributed by atoms with Crippen LogP contribution in [0.5, 0.6) is 5.75 Å². The number of esters is 2. The zero-order valence-electron chi connectivity index (χ0n) is 23.9. The van der Waals surface area contributed by atoms with Crippen LogP contribution in [0.2, 0.25) is 10.0 Å². The Morgan fingerprint density at radius 2 is 1.83 bits per heavy atom. The van der Waals surface area contributed by atoms with E-state index < -0.39 is 0 Å². The lowest BCUT2D eigenvalue weighted by Crippen LogP contribution is -2.62. The molecule has 3 aliphatic rings. The normalized spacial score (nSPS) is 26.1. The molecule has 0 bridgehead atoms. The van der Waals surface area contributed by atoms with Crippen LogP contribution in [-0.4, -0.2) is 66.5 Å². The summed E-state index contributed by atoms with van der Waals surface area (Å²) in [5, 5.41) is 0.865. The number of likely N-dealkylation sites (tertiary alicyclic amines) is 1. The first kappa shape index (κ1) is 29.9. The Morgan fingerprint density at radius 1 is 1.05 bits per heavy atom. The highest BCUT2D eigenvalue weighted by Gasteiger charge is 2.54. The molecule has 1 aliphatic heterocycles. The number of hydrogen-bond acceptors (Lipinski definition) is 6. The molecule has 1 amide bonds. The minimum atomic E-state index is -0.373. The number of fused-ring (bicyclic) bond motifs is 1. The Balaban J connectivity index is 1.47. The van der Waals surface area contributed by atoms with Crippen LogP contribution in [0.25, 0.3) is 0 Å². The van der Waals surface area contributed by atoms with Crippen molar-refractivity contribution in [2.45, 2.75) is 69.9 Å². The zero-order valence-corrected chi connectivity index (χ0v) is 25.4. The number of nitrogens with zero attached hydrogens (tertiary/aromatic N) is 2. The Bertz CT molecular complexity index is 1310. The number of piperidine rings is 1. The number of hydrogen-bond donors (Lipinski definition) is 0. The molecule has 3 fully saturated rings. The number of amides is 1. The molecule has 4 atom stereocenters. The standard InChI is InChI=1S/C32H38Cl2N2O5/c1-20(37)40-26-6-4-5-24(15-26)32-11-12-36(18-22-7-8-22)19-27(32)30(41-21(2)38)16-25(17-32)35(3)31(39)14-23-9-10-28(33)29(34)13-23/h4-6,9-10,13,15,22,25,27,30H,7-8,11-12,14,16-19H2,1-3H3/t25-,27+,30?,32+/m1/s1. The molecule has 0 N–H and O–H groups in total. The first-order chi connectivity index (χ1) is 19.5. The third-order valence-electron chi connectivity index (χ3n) is 9.07. The maximum absolute atomic E-state index is 13.6. The van der Waals surface area contributed by atoms with Crippen LogP contribution in [0.15, 0.2) is 42.5 Å². The lowest BCUT2D eigenvalue weighted by atomic mass is 9.56. The van der Waals surface area contributed by atoms with Crippen molar-refractivity contribution < 1.29 is 23.9 Å². The molecule has 41 heavy (non-hydrogen) atoms. The lowest BCUT2D eigenvalue weighted by Gasteiger charge is -2.56. The molecule has 2 aromatic rings. The third kappa shape index (κ3) is 6.90. The quantitative estimate of drug-likeness (QED) is 0.286. The second-order valence-electron chi connectivity index (χ2n) is 12.0. The Kier molecular flexibility index (Phi) is 8.98. The summed E-state index contributed by atoms with van der Waals surface area (Å²) in [5.74, 6) is 0.566. The number of halogens is 2. The second-order valence-corrected chi connectivity index (χ2v) is 12.8. The maximum atomic E-state index is 13.6. The lowest BCUT2D eigenvalue weighted by molar-refractivity contribution is -0.160. The minimum absolute atomic E-state index is 0.0385. The molecule has 0 aromatic heterocycles. The molecule has 0 spiro atoms. The number of likely N-dealkylation sites (N-methyl/N-ethyl adjacent to an activating group) is 1. The molecule has 2 saturated carbocycles. The van der Waals surface area contributed by atoms with Crippen molar-refractivity contribution in [2.24, 2.45) is 11.8 Å². The molecule has 9 heteroatoms. The van der Waals surface area contributed by atoms with Gasteiger partial charge in [0.15, 0.2) is 0 Å². The van der Waals surface area contributed by atoms with Crippen molar-refractivity contribution in [2.75, 3.05) is 26.7 Å². The van der Waals surface area contributed by atoms with Crippen LogP contribution >= 0.6 is 23.2 Å². The van der Waals surface area contributed by atoms with Gasteiger partial charge in [0, 0.05) is 57.8 Å². The van der Waals surface area contributed by atoms with Gasteiger partial charge in [-0.15, -0.1) is 0 Å². The highest BCUT2D eigenvalue weighted by molar-refractivity contribution is 6.42. The summed E-state index contributed by atoms with van der Waals surface area (Å²) in [4.78, 5) is 42.1. The molecule has 2 aliphatic carbocycles. The summed E-state index contributed by atoms with van der Waals surface area (Å²) in [5.41, 5.74) is 1.48. The Labute approximate surface area is 252 Å². The van der Waals surface area contributed by atoms with Crippen LogP contribution in [0.1, 0.15) is 57.1 Å².